The Hall–Kier alpha value is -2.06. The number of esters is 1. The molecule has 9 heteroatoms. The predicted molar refractivity (Wildman–Crippen MR) is 93.0 cm³/mol. The van der Waals surface area contributed by atoms with Crippen molar-refractivity contribution in [2.24, 2.45) is 0 Å². The van der Waals surface area contributed by atoms with Crippen LogP contribution in [0, 0.1) is 10.1 Å². The maximum absolute atomic E-state index is 12.1. The van der Waals surface area contributed by atoms with Gasteiger partial charge in [-0.3, -0.25) is 4.90 Å². The molecule has 1 aliphatic rings. The van der Waals surface area contributed by atoms with Crippen LogP contribution in [0.4, 0.5) is 4.79 Å². The van der Waals surface area contributed by atoms with Crippen molar-refractivity contribution in [3.8, 4) is 0 Å². The molecule has 1 rings (SSSR count). The summed E-state index contributed by atoms with van der Waals surface area (Å²) < 4.78 is 10.5. The fourth-order valence-electron chi connectivity index (χ4n) is 2.79. The third-order valence-electron chi connectivity index (χ3n) is 4.21. The van der Waals surface area contributed by atoms with Crippen molar-refractivity contribution in [1.29, 1.82) is 0 Å². The third-order valence-corrected chi connectivity index (χ3v) is 4.21. The lowest BCUT2D eigenvalue weighted by molar-refractivity contribution is -0.757. The molecule has 150 valence electrons. The monoisotopic (exact) mass is 374 g/mol. The minimum atomic E-state index is -0.803. The topological polar surface area (TPSA) is 108 Å². The summed E-state index contributed by atoms with van der Waals surface area (Å²) in [6.07, 6.45) is 6.62. The lowest BCUT2D eigenvalue weighted by Gasteiger charge is -2.22. The van der Waals surface area contributed by atoms with E-state index in [4.69, 9.17) is 9.47 Å². The molecular weight excluding hydrogens is 344 g/mol. The lowest BCUT2D eigenvalue weighted by atomic mass is 10.2. The summed E-state index contributed by atoms with van der Waals surface area (Å²) in [6, 6.07) is -0.539. The molecule has 0 spiro atoms. The Morgan fingerprint density at radius 3 is 2.38 bits per heavy atom. The first-order valence-electron chi connectivity index (χ1n) is 9.43. The van der Waals surface area contributed by atoms with Crippen LogP contribution < -0.4 is 0 Å². The first-order chi connectivity index (χ1) is 12.6. The number of hydrogen-bond acceptors (Lipinski definition) is 7. The fraction of sp³-hybridized carbons (Fsp3) is 0.882. The van der Waals surface area contributed by atoms with Gasteiger partial charge in [-0.25, -0.2) is 9.59 Å². The van der Waals surface area contributed by atoms with E-state index in [-0.39, 0.29) is 19.2 Å². The first-order valence-corrected chi connectivity index (χ1v) is 9.43. The minimum absolute atomic E-state index is 0.0859. The van der Waals surface area contributed by atoms with Crippen molar-refractivity contribution < 1.29 is 29.0 Å². The van der Waals surface area contributed by atoms with Gasteiger partial charge >= 0.3 is 12.1 Å². The van der Waals surface area contributed by atoms with E-state index in [2.05, 4.69) is 11.8 Å². The molecule has 9 nitrogen and oxygen atoms in total. The first kappa shape index (κ1) is 22.0. The summed E-state index contributed by atoms with van der Waals surface area (Å²) in [4.78, 5) is 39.9. The van der Waals surface area contributed by atoms with Crippen LogP contribution in [-0.2, 0) is 19.1 Å². The van der Waals surface area contributed by atoms with Gasteiger partial charge in [-0.15, -0.1) is 10.1 Å². The summed E-state index contributed by atoms with van der Waals surface area (Å²) in [5, 5.41) is 9.18. The van der Waals surface area contributed by atoms with E-state index >= 15 is 0 Å². The molecular formula is C17H30N2O7. The summed E-state index contributed by atoms with van der Waals surface area (Å²) in [7, 11) is 0. The minimum Gasteiger partial charge on any atom is -0.464 e. The van der Waals surface area contributed by atoms with Gasteiger partial charge in [-0.1, -0.05) is 26.2 Å². The average Bonchev–Trinajstić information content (AvgIpc) is 3.10. The molecule has 1 amide bonds. The lowest BCUT2D eigenvalue weighted by Crippen LogP contribution is -2.41. The number of unbranched alkanes of at least 4 members (excludes halogenated alkanes) is 5. The van der Waals surface area contributed by atoms with Crippen molar-refractivity contribution in [3.63, 3.8) is 0 Å². The molecule has 1 aliphatic heterocycles. The molecule has 26 heavy (non-hydrogen) atoms. The molecule has 0 aromatic rings. The van der Waals surface area contributed by atoms with E-state index in [9.17, 15) is 19.7 Å². The number of hydrogen-bond donors (Lipinski definition) is 0. The van der Waals surface area contributed by atoms with Gasteiger partial charge in [0.2, 0.25) is 0 Å². The molecule has 0 N–H and O–H groups in total. The van der Waals surface area contributed by atoms with E-state index in [1.165, 1.54) is 4.90 Å². The fourth-order valence-corrected chi connectivity index (χ4v) is 2.79. The van der Waals surface area contributed by atoms with Crippen LogP contribution in [-0.4, -0.2) is 54.5 Å². The summed E-state index contributed by atoms with van der Waals surface area (Å²) in [5.74, 6) is -0.346. The highest BCUT2D eigenvalue weighted by Gasteiger charge is 2.36. The van der Waals surface area contributed by atoms with Gasteiger partial charge in [0.15, 0.2) is 0 Å². The molecule has 0 aromatic carbocycles. The van der Waals surface area contributed by atoms with Gasteiger partial charge in [0.25, 0.3) is 5.09 Å². The third kappa shape index (κ3) is 8.87. The summed E-state index contributed by atoms with van der Waals surface area (Å²) >= 11 is 0. The van der Waals surface area contributed by atoms with Gasteiger partial charge in [-0.2, -0.15) is 0 Å². The van der Waals surface area contributed by atoms with Crippen molar-refractivity contribution in [2.45, 2.75) is 70.8 Å². The molecule has 0 bridgehead atoms. The van der Waals surface area contributed by atoms with Crippen LogP contribution >= 0.6 is 0 Å². The number of nitrogens with zero attached hydrogens (tertiary/aromatic N) is 2. The zero-order valence-corrected chi connectivity index (χ0v) is 15.5. The highest BCUT2D eigenvalue weighted by Crippen LogP contribution is 2.20. The number of rotatable bonds is 13. The number of amides is 1. The Morgan fingerprint density at radius 2 is 1.69 bits per heavy atom. The second-order valence-electron chi connectivity index (χ2n) is 6.31. The summed E-state index contributed by atoms with van der Waals surface area (Å²) in [6.45, 7) is 3.33. The Kier molecular flexibility index (Phi) is 11.1. The Morgan fingerprint density at radius 1 is 1.04 bits per heavy atom. The summed E-state index contributed by atoms with van der Waals surface area (Å²) in [5.41, 5.74) is 0. The smallest absolute Gasteiger partial charge is 0.410 e. The molecule has 1 atom stereocenters. The van der Waals surface area contributed by atoms with Crippen LogP contribution in [0.2, 0.25) is 0 Å². The van der Waals surface area contributed by atoms with E-state index < -0.39 is 17.2 Å². The zero-order valence-electron chi connectivity index (χ0n) is 15.5. The van der Waals surface area contributed by atoms with Crippen molar-refractivity contribution >= 4 is 12.1 Å². The number of carbonyl (C=O) groups is 2. The standard InChI is InChI=1S/C17H30N2O7/c1-2-3-6-12-24-16(20)15-10-9-11-18(15)17(21)25-13-7-4-5-8-14-26-19(22)23/h15H,2-14H2,1H3. The quantitative estimate of drug-likeness (QED) is 0.211. The average molecular weight is 374 g/mol. The maximum atomic E-state index is 12.1. The second kappa shape index (κ2) is 13.2. The molecule has 1 fully saturated rings. The molecule has 1 unspecified atom stereocenters. The van der Waals surface area contributed by atoms with Gasteiger partial charge in [0, 0.05) is 6.54 Å². The van der Waals surface area contributed by atoms with Gasteiger partial charge < -0.3 is 14.3 Å². The van der Waals surface area contributed by atoms with E-state index in [1.807, 2.05) is 0 Å². The van der Waals surface area contributed by atoms with Crippen LogP contribution in [0.1, 0.15) is 64.7 Å². The molecule has 1 heterocycles. The zero-order chi connectivity index (χ0) is 19.2. The SMILES string of the molecule is CCCCCOC(=O)C1CCCN1C(=O)OCCCCCCO[N+](=O)[O-]. The van der Waals surface area contributed by atoms with Crippen molar-refractivity contribution in [3.05, 3.63) is 10.1 Å². The number of likely N-dealkylation sites (tertiary alicyclic amines) is 1. The van der Waals surface area contributed by atoms with E-state index in [0.717, 1.165) is 38.5 Å². The Bertz CT molecular complexity index is 445. The Labute approximate surface area is 154 Å². The van der Waals surface area contributed by atoms with Crippen molar-refractivity contribution in [1.82, 2.24) is 4.90 Å². The largest absolute Gasteiger partial charge is 0.464 e. The van der Waals surface area contributed by atoms with Gasteiger partial charge in [-0.05, 0) is 38.5 Å². The van der Waals surface area contributed by atoms with E-state index in [0.29, 0.717) is 32.4 Å². The van der Waals surface area contributed by atoms with Crippen LogP contribution in [0.25, 0.3) is 0 Å². The van der Waals surface area contributed by atoms with Crippen molar-refractivity contribution in [2.75, 3.05) is 26.4 Å². The van der Waals surface area contributed by atoms with Gasteiger partial charge in [0.1, 0.15) is 6.04 Å². The highest BCUT2D eigenvalue weighted by molar-refractivity contribution is 5.82. The predicted octanol–water partition coefficient (Wildman–Crippen LogP) is 3.09. The van der Waals surface area contributed by atoms with Crippen LogP contribution in [0.3, 0.4) is 0 Å². The Balaban J connectivity index is 2.16. The number of ether oxygens (including phenoxy) is 2. The molecule has 0 aromatic heterocycles. The molecule has 1 saturated heterocycles. The normalized spacial score (nSPS) is 16.3. The second-order valence-corrected chi connectivity index (χ2v) is 6.31. The van der Waals surface area contributed by atoms with Gasteiger partial charge in [0.05, 0.1) is 19.8 Å². The van der Waals surface area contributed by atoms with Crippen LogP contribution in [0.15, 0.2) is 0 Å². The van der Waals surface area contributed by atoms with E-state index in [1.54, 1.807) is 0 Å². The molecule has 0 radical (unpaired) electrons. The van der Waals surface area contributed by atoms with Crippen LogP contribution in [0.5, 0.6) is 0 Å². The molecule has 0 aliphatic carbocycles. The number of carbonyl (C=O) groups excluding carboxylic acids is 2. The highest BCUT2D eigenvalue weighted by atomic mass is 16.9. The maximum Gasteiger partial charge on any atom is 0.410 e. The molecule has 0 saturated carbocycles.